The minimum absolute atomic E-state index is 0.0306. The molecule has 0 amide bonds. The lowest BCUT2D eigenvalue weighted by Crippen LogP contribution is -2.42. The van der Waals surface area contributed by atoms with Gasteiger partial charge in [-0.25, -0.2) is 4.79 Å². The number of pyridine rings is 1. The Kier molecular flexibility index (Phi) is 10.0. The first-order chi connectivity index (χ1) is 19.0. The number of carboxylic acids is 3. The van der Waals surface area contributed by atoms with Gasteiger partial charge in [0, 0.05) is 17.5 Å². The molecule has 214 valence electrons. The number of nitrogens with one attached hydrogen (secondary N) is 1. The number of carbonyl (C=O) groups is 3. The highest BCUT2D eigenvalue weighted by Gasteiger charge is 2.40. The minimum atomic E-state index is -2.74. The highest BCUT2D eigenvalue weighted by molar-refractivity contribution is 5.88. The average molecular weight is 555 g/mol. The number of methoxy groups -OCH3 is 2. The van der Waals surface area contributed by atoms with Crippen LogP contribution >= 0.6 is 0 Å². The first kappa shape index (κ1) is 30.3. The van der Waals surface area contributed by atoms with Gasteiger partial charge in [-0.1, -0.05) is 31.0 Å². The van der Waals surface area contributed by atoms with Crippen molar-refractivity contribution in [2.45, 2.75) is 56.2 Å². The van der Waals surface area contributed by atoms with E-state index in [0.717, 1.165) is 47.5 Å². The smallest absolute Gasteiger partial charge is 0.336 e. The van der Waals surface area contributed by atoms with Gasteiger partial charge in [0.05, 0.1) is 38.3 Å². The molecule has 1 heterocycles. The highest BCUT2D eigenvalue weighted by Crippen LogP contribution is 2.39. The number of aliphatic hydroxyl groups is 1. The molecule has 2 aromatic carbocycles. The normalized spacial score (nSPS) is 14.2. The maximum atomic E-state index is 10.3. The van der Waals surface area contributed by atoms with Crippen molar-refractivity contribution in [2.75, 3.05) is 14.2 Å². The Morgan fingerprint density at radius 3 is 1.98 bits per heavy atom. The molecule has 0 radical (unpaired) electrons. The standard InChI is InChI=1S/C23H26N2O2.C6H8O7/c1-26-20-9-6-18(7-10-20)23(13-3-4-14-23)24-16-19-8-5-17-15-21(27-2)11-12-22(17)25-19;7-3(8)1-6(13,5(11)12)2-4(9)10/h5-12,15,24H,3-4,13-14,16H2,1-2H3;13H,1-2H2,(H,7,8)(H,9,10)(H,11,12). The summed E-state index contributed by atoms with van der Waals surface area (Å²) < 4.78 is 10.6. The van der Waals surface area contributed by atoms with Crippen molar-refractivity contribution in [2.24, 2.45) is 0 Å². The van der Waals surface area contributed by atoms with Crippen LogP contribution in [-0.4, -0.2) is 63.1 Å². The van der Waals surface area contributed by atoms with Crippen LogP contribution < -0.4 is 14.8 Å². The SMILES string of the molecule is COc1ccc(C2(NCc3ccc4cc(OC)ccc4n3)CCCC2)cc1.O=C(O)CC(O)(CC(=O)O)C(=O)O. The maximum Gasteiger partial charge on any atom is 0.336 e. The fraction of sp³-hybridized carbons (Fsp3) is 0.379. The summed E-state index contributed by atoms with van der Waals surface area (Å²) in [6.07, 6.45) is 2.53. The Labute approximate surface area is 231 Å². The monoisotopic (exact) mass is 554 g/mol. The minimum Gasteiger partial charge on any atom is -0.497 e. The van der Waals surface area contributed by atoms with Gasteiger partial charge in [0.1, 0.15) is 11.5 Å². The van der Waals surface area contributed by atoms with Gasteiger partial charge in [-0.2, -0.15) is 0 Å². The summed E-state index contributed by atoms with van der Waals surface area (Å²) in [5.41, 5.74) is 0.694. The van der Waals surface area contributed by atoms with E-state index in [4.69, 9.17) is 34.9 Å². The molecule has 0 spiro atoms. The second-order valence-corrected chi connectivity index (χ2v) is 9.71. The van der Waals surface area contributed by atoms with Gasteiger partial charge in [0.15, 0.2) is 5.60 Å². The van der Waals surface area contributed by atoms with Crippen molar-refractivity contribution >= 4 is 28.8 Å². The number of carboxylic acid groups (broad SMARTS) is 3. The molecule has 0 saturated heterocycles. The topological polar surface area (TPSA) is 176 Å². The second-order valence-electron chi connectivity index (χ2n) is 9.71. The zero-order valence-electron chi connectivity index (χ0n) is 22.4. The number of hydrogen-bond donors (Lipinski definition) is 5. The van der Waals surface area contributed by atoms with E-state index in [0.29, 0.717) is 0 Å². The summed E-state index contributed by atoms with van der Waals surface area (Å²) in [5, 5.41) is 38.7. The molecule has 5 N–H and O–H groups in total. The van der Waals surface area contributed by atoms with Crippen LogP contribution in [0.3, 0.4) is 0 Å². The number of rotatable bonds is 11. The number of aromatic nitrogens is 1. The van der Waals surface area contributed by atoms with Crippen molar-refractivity contribution in [3.63, 3.8) is 0 Å². The quantitative estimate of drug-likeness (QED) is 0.234. The Hall–Kier alpha value is -4.22. The molecule has 0 bridgehead atoms. The summed E-state index contributed by atoms with van der Waals surface area (Å²) in [6, 6.07) is 18.7. The third-order valence-electron chi connectivity index (χ3n) is 6.95. The van der Waals surface area contributed by atoms with Crippen LogP contribution in [0.1, 0.15) is 49.8 Å². The molecule has 11 heteroatoms. The summed E-state index contributed by atoms with van der Waals surface area (Å²) in [7, 11) is 3.40. The van der Waals surface area contributed by atoms with Crippen LogP contribution in [0, 0.1) is 0 Å². The molecule has 40 heavy (non-hydrogen) atoms. The van der Waals surface area contributed by atoms with E-state index in [2.05, 4.69) is 41.7 Å². The fourth-order valence-electron chi connectivity index (χ4n) is 4.80. The van der Waals surface area contributed by atoms with Gasteiger partial charge in [-0.05, 0) is 54.8 Å². The molecule has 1 aliphatic carbocycles. The lowest BCUT2D eigenvalue weighted by Gasteiger charge is -2.31. The molecule has 11 nitrogen and oxygen atoms in total. The summed E-state index contributed by atoms with van der Waals surface area (Å²) in [4.78, 5) is 35.3. The number of fused-ring (bicyclic) bond motifs is 1. The summed E-state index contributed by atoms with van der Waals surface area (Å²) in [6.45, 7) is 0.758. The number of aliphatic carboxylic acids is 3. The van der Waals surface area contributed by atoms with Crippen LogP contribution in [0.2, 0.25) is 0 Å². The molecule has 1 aliphatic rings. The van der Waals surface area contributed by atoms with E-state index in [1.807, 2.05) is 18.2 Å². The van der Waals surface area contributed by atoms with E-state index in [9.17, 15) is 14.4 Å². The molecule has 1 aromatic heterocycles. The first-order valence-corrected chi connectivity index (χ1v) is 12.7. The molecule has 1 fully saturated rings. The van der Waals surface area contributed by atoms with Gasteiger partial charge in [0.25, 0.3) is 0 Å². The molecule has 3 aromatic rings. The van der Waals surface area contributed by atoms with Gasteiger partial charge in [-0.3, -0.25) is 14.6 Å². The maximum absolute atomic E-state index is 10.3. The number of ether oxygens (including phenoxy) is 2. The van der Waals surface area contributed by atoms with Crippen molar-refractivity contribution in [1.82, 2.24) is 10.3 Å². The lowest BCUT2D eigenvalue weighted by atomic mass is 9.88. The molecule has 0 unspecified atom stereocenters. The van der Waals surface area contributed by atoms with Gasteiger partial charge in [0.2, 0.25) is 0 Å². The fourth-order valence-corrected chi connectivity index (χ4v) is 4.80. The van der Waals surface area contributed by atoms with E-state index in [1.165, 1.54) is 18.4 Å². The Bertz CT molecular complexity index is 1320. The zero-order valence-corrected chi connectivity index (χ0v) is 22.4. The van der Waals surface area contributed by atoms with Crippen molar-refractivity contribution in [3.8, 4) is 11.5 Å². The van der Waals surface area contributed by atoms with Crippen molar-refractivity contribution < 1.29 is 44.3 Å². The molecule has 0 atom stereocenters. The third-order valence-corrected chi connectivity index (χ3v) is 6.95. The van der Waals surface area contributed by atoms with E-state index in [-0.39, 0.29) is 5.54 Å². The number of benzene rings is 2. The zero-order chi connectivity index (χ0) is 29.3. The molecule has 1 saturated carbocycles. The Balaban J connectivity index is 0.000000289. The lowest BCUT2D eigenvalue weighted by molar-refractivity contribution is -0.170. The van der Waals surface area contributed by atoms with Gasteiger partial charge in [-0.15, -0.1) is 0 Å². The molecule has 4 rings (SSSR count). The van der Waals surface area contributed by atoms with Crippen LogP contribution in [0.25, 0.3) is 10.9 Å². The van der Waals surface area contributed by atoms with Crippen LogP contribution in [0.4, 0.5) is 0 Å². The largest absolute Gasteiger partial charge is 0.497 e. The molecular weight excluding hydrogens is 520 g/mol. The third kappa shape index (κ3) is 7.67. The number of hydrogen-bond acceptors (Lipinski definition) is 8. The molecular formula is C29H34N2O9. The predicted octanol–water partition coefficient (Wildman–Crippen LogP) is 3.56. The first-order valence-electron chi connectivity index (χ1n) is 12.7. The van der Waals surface area contributed by atoms with E-state index >= 15 is 0 Å². The van der Waals surface area contributed by atoms with E-state index < -0.39 is 36.4 Å². The van der Waals surface area contributed by atoms with Gasteiger partial charge >= 0.3 is 17.9 Å². The van der Waals surface area contributed by atoms with Crippen molar-refractivity contribution in [1.29, 1.82) is 0 Å². The van der Waals surface area contributed by atoms with Crippen LogP contribution in [0.15, 0.2) is 54.6 Å². The van der Waals surface area contributed by atoms with Crippen LogP contribution in [0.5, 0.6) is 11.5 Å². The van der Waals surface area contributed by atoms with E-state index in [1.54, 1.807) is 14.2 Å². The Morgan fingerprint density at radius 1 is 0.875 bits per heavy atom. The van der Waals surface area contributed by atoms with Gasteiger partial charge < -0.3 is 35.2 Å². The number of nitrogens with zero attached hydrogens (tertiary/aromatic N) is 1. The second kappa shape index (κ2) is 13.2. The highest BCUT2D eigenvalue weighted by atomic mass is 16.5. The average Bonchev–Trinajstić information content (AvgIpc) is 3.41. The summed E-state index contributed by atoms with van der Waals surface area (Å²) in [5.74, 6) is -3.26. The molecule has 0 aliphatic heterocycles. The van der Waals surface area contributed by atoms with Crippen molar-refractivity contribution in [3.05, 3.63) is 65.9 Å². The summed E-state index contributed by atoms with van der Waals surface area (Å²) >= 11 is 0. The Morgan fingerprint density at radius 2 is 1.45 bits per heavy atom. The predicted molar refractivity (Wildman–Crippen MR) is 145 cm³/mol. The van der Waals surface area contributed by atoms with Crippen LogP contribution in [-0.2, 0) is 26.5 Å².